The van der Waals surface area contributed by atoms with Crippen LogP contribution in [0.4, 0.5) is 5.69 Å². The summed E-state index contributed by atoms with van der Waals surface area (Å²) in [4.78, 5) is 27.3. The first kappa shape index (κ1) is 23.7. The highest BCUT2D eigenvalue weighted by Gasteiger charge is 2.31. The second kappa shape index (κ2) is 9.80. The summed E-state index contributed by atoms with van der Waals surface area (Å²) in [5.41, 5.74) is 1.90. The van der Waals surface area contributed by atoms with Crippen molar-refractivity contribution in [2.45, 2.75) is 30.8 Å². The number of fused-ring (bicyclic) bond motifs is 1. The average Bonchev–Trinajstić information content (AvgIpc) is 2.83. The van der Waals surface area contributed by atoms with E-state index in [-0.39, 0.29) is 47.7 Å². The molecule has 0 saturated carbocycles. The summed E-state index contributed by atoms with van der Waals surface area (Å²) in [5.74, 6) is -1.12. The van der Waals surface area contributed by atoms with Crippen LogP contribution in [0.25, 0.3) is 0 Å². The van der Waals surface area contributed by atoms with Crippen molar-refractivity contribution in [3.63, 3.8) is 0 Å². The Kier molecular flexibility index (Phi) is 7.04. The van der Waals surface area contributed by atoms with Crippen LogP contribution in [0.2, 0.25) is 5.02 Å². The zero-order valence-electron chi connectivity index (χ0n) is 18.2. The highest BCUT2D eigenvalue weighted by molar-refractivity contribution is 7.89. The molecule has 176 valence electrons. The Bertz CT molecular complexity index is 1160. The summed E-state index contributed by atoms with van der Waals surface area (Å²) in [6.45, 7) is 3.04. The summed E-state index contributed by atoms with van der Waals surface area (Å²) < 4.78 is 37.9. The van der Waals surface area contributed by atoms with Gasteiger partial charge in [0.1, 0.15) is 4.90 Å². The molecule has 2 aromatic carbocycles. The number of anilines is 1. The number of hydrogen-bond donors (Lipinski definition) is 0. The Labute approximate surface area is 198 Å². The Hall–Kier alpha value is -2.46. The second-order valence-electron chi connectivity index (χ2n) is 7.93. The zero-order chi connectivity index (χ0) is 23.6. The first-order valence-electron chi connectivity index (χ1n) is 10.8. The molecule has 10 heteroatoms. The molecule has 1 saturated heterocycles. The Morgan fingerprint density at radius 1 is 1.09 bits per heavy atom. The van der Waals surface area contributed by atoms with Gasteiger partial charge in [-0.05, 0) is 49.6 Å². The van der Waals surface area contributed by atoms with E-state index in [9.17, 15) is 18.0 Å². The van der Waals surface area contributed by atoms with Gasteiger partial charge in [0.25, 0.3) is 5.91 Å². The number of rotatable bonds is 5. The molecule has 4 rings (SSSR count). The number of ether oxygens (including phenoxy) is 2. The molecule has 2 aliphatic rings. The Morgan fingerprint density at radius 3 is 2.58 bits per heavy atom. The molecule has 2 aliphatic heterocycles. The largest absolute Gasteiger partial charge is 0.449 e. The summed E-state index contributed by atoms with van der Waals surface area (Å²) in [6.07, 6.45) is 0.668. The van der Waals surface area contributed by atoms with Crippen molar-refractivity contribution in [2.75, 3.05) is 37.7 Å². The van der Waals surface area contributed by atoms with E-state index in [4.69, 9.17) is 21.1 Å². The number of benzene rings is 2. The molecule has 1 unspecified atom stereocenters. The maximum atomic E-state index is 13.0. The number of carbonyl (C=O) groups is 2. The highest BCUT2D eigenvalue weighted by Crippen LogP contribution is 2.29. The molecule has 1 amide bonds. The maximum Gasteiger partial charge on any atom is 0.338 e. The molecule has 8 nitrogen and oxygen atoms in total. The van der Waals surface area contributed by atoms with Gasteiger partial charge < -0.3 is 14.4 Å². The third-order valence-electron chi connectivity index (χ3n) is 5.76. The van der Waals surface area contributed by atoms with Gasteiger partial charge in [-0.2, -0.15) is 4.31 Å². The second-order valence-corrected chi connectivity index (χ2v) is 10.2. The summed E-state index contributed by atoms with van der Waals surface area (Å²) in [6, 6.07) is 11.6. The highest BCUT2D eigenvalue weighted by atomic mass is 35.5. The number of morpholine rings is 1. The fourth-order valence-corrected chi connectivity index (χ4v) is 5.92. The number of carbonyl (C=O) groups excluding carboxylic acids is 2. The van der Waals surface area contributed by atoms with Gasteiger partial charge >= 0.3 is 5.97 Å². The van der Waals surface area contributed by atoms with E-state index in [2.05, 4.69) is 0 Å². The predicted octanol–water partition coefficient (Wildman–Crippen LogP) is 2.89. The van der Waals surface area contributed by atoms with E-state index in [1.54, 1.807) is 4.90 Å². The van der Waals surface area contributed by atoms with Gasteiger partial charge in [0.2, 0.25) is 10.0 Å². The molecule has 0 radical (unpaired) electrons. The Morgan fingerprint density at radius 2 is 1.82 bits per heavy atom. The topological polar surface area (TPSA) is 93.2 Å². The predicted molar refractivity (Wildman–Crippen MR) is 123 cm³/mol. The molecule has 0 N–H and O–H groups in total. The van der Waals surface area contributed by atoms with Gasteiger partial charge in [-0.25, -0.2) is 13.2 Å². The maximum absolute atomic E-state index is 13.0. The zero-order valence-corrected chi connectivity index (χ0v) is 19.8. The van der Waals surface area contributed by atoms with Crippen LogP contribution in [0.1, 0.15) is 29.3 Å². The van der Waals surface area contributed by atoms with Crippen molar-refractivity contribution < 1.29 is 27.5 Å². The first-order valence-corrected chi connectivity index (χ1v) is 12.6. The lowest BCUT2D eigenvalue weighted by Crippen LogP contribution is -2.42. The van der Waals surface area contributed by atoms with Crippen LogP contribution < -0.4 is 4.90 Å². The third-order valence-corrected chi connectivity index (χ3v) is 8.14. The molecule has 0 spiro atoms. The van der Waals surface area contributed by atoms with Crippen molar-refractivity contribution >= 4 is 39.2 Å². The fourth-order valence-electron chi connectivity index (χ4n) is 4.02. The number of aryl methyl sites for hydroxylation is 1. The number of nitrogens with zero attached hydrogens (tertiary/aromatic N) is 2. The average molecular weight is 493 g/mol. The van der Waals surface area contributed by atoms with Crippen molar-refractivity contribution in [2.24, 2.45) is 0 Å². The minimum atomic E-state index is -3.91. The van der Waals surface area contributed by atoms with Gasteiger partial charge in [-0.15, -0.1) is 0 Å². The van der Waals surface area contributed by atoms with E-state index in [0.29, 0.717) is 6.54 Å². The Balaban J connectivity index is 1.51. The molecule has 33 heavy (non-hydrogen) atoms. The van der Waals surface area contributed by atoms with Crippen LogP contribution in [0.5, 0.6) is 0 Å². The number of esters is 1. The number of sulfonamides is 1. The van der Waals surface area contributed by atoms with Crippen LogP contribution in [-0.2, 0) is 30.7 Å². The smallest absolute Gasteiger partial charge is 0.338 e. The quantitative estimate of drug-likeness (QED) is 0.596. The molecular weight excluding hydrogens is 468 g/mol. The lowest BCUT2D eigenvalue weighted by molar-refractivity contribution is -0.126. The number of halogens is 1. The van der Waals surface area contributed by atoms with Crippen molar-refractivity contribution in [3.8, 4) is 0 Å². The molecule has 0 bridgehead atoms. The molecular formula is C23H25ClN2O6S. The van der Waals surface area contributed by atoms with Crippen molar-refractivity contribution in [3.05, 3.63) is 58.6 Å². The van der Waals surface area contributed by atoms with Crippen LogP contribution in [0.15, 0.2) is 47.4 Å². The van der Waals surface area contributed by atoms with Crippen molar-refractivity contribution in [1.82, 2.24) is 4.31 Å². The minimum absolute atomic E-state index is 0.00456. The summed E-state index contributed by atoms with van der Waals surface area (Å²) in [7, 11) is -3.91. The lowest BCUT2D eigenvalue weighted by atomic mass is 10.0. The lowest BCUT2D eigenvalue weighted by Gasteiger charge is -2.31. The monoisotopic (exact) mass is 492 g/mol. The van der Waals surface area contributed by atoms with E-state index in [1.165, 1.54) is 29.4 Å². The molecule has 0 aromatic heterocycles. The SMILES string of the molecule is CC(OC(=O)c1ccc(Cl)c(S(=O)(=O)N2CCOCC2)c1)C(=O)N1CCCc2ccccc21. The number of hydrogen-bond acceptors (Lipinski definition) is 6. The van der Waals surface area contributed by atoms with Gasteiger partial charge in [-0.3, -0.25) is 4.79 Å². The summed E-state index contributed by atoms with van der Waals surface area (Å²) >= 11 is 6.16. The molecule has 1 fully saturated rings. The summed E-state index contributed by atoms with van der Waals surface area (Å²) in [5, 5.41) is 0.00657. The first-order chi connectivity index (χ1) is 15.8. The number of para-hydroxylation sites is 1. The normalized spacial score (nSPS) is 17.8. The fraction of sp³-hybridized carbons (Fsp3) is 0.391. The standard InChI is InChI=1S/C23H25ClN2O6S/c1-16(22(27)26-10-4-6-17-5-2-3-7-20(17)26)32-23(28)18-8-9-19(24)21(15-18)33(29,30)25-11-13-31-14-12-25/h2-3,5,7-9,15-16H,4,6,10-14H2,1H3. The molecule has 0 aliphatic carbocycles. The van der Waals surface area contributed by atoms with Gasteiger partial charge in [-0.1, -0.05) is 29.8 Å². The van der Waals surface area contributed by atoms with Crippen molar-refractivity contribution in [1.29, 1.82) is 0 Å². The molecule has 2 aromatic rings. The third kappa shape index (κ3) is 4.91. The van der Waals surface area contributed by atoms with E-state index >= 15 is 0 Å². The van der Waals surface area contributed by atoms with Crippen LogP contribution in [0.3, 0.4) is 0 Å². The van der Waals surface area contributed by atoms with Crippen LogP contribution in [-0.4, -0.2) is 63.6 Å². The van der Waals surface area contributed by atoms with Gasteiger partial charge in [0.05, 0.1) is 23.8 Å². The van der Waals surface area contributed by atoms with E-state index < -0.39 is 22.1 Å². The van der Waals surface area contributed by atoms with Crippen LogP contribution in [0, 0.1) is 0 Å². The van der Waals surface area contributed by atoms with Crippen LogP contribution >= 0.6 is 11.6 Å². The van der Waals surface area contributed by atoms with E-state index in [1.807, 2.05) is 24.3 Å². The number of amides is 1. The van der Waals surface area contributed by atoms with E-state index in [0.717, 1.165) is 24.1 Å². The minimum Gasteiger partial charge on any atom is -0.449 e. The molecule has 2 heterocycles. The van der Waals surface area contributed by atoms with Gasteiger partial charge in [0, 0.05) is 25.3 Å². The van der Waals surface area contributed by atoms with Gasteiger partial charge in [0.15, 0.2) is 6.10 Å². The molecule has 1 atom stereocenters.